The molecule has 0 unspecified atom stereocenters. The van der Waals surface area contributed by atoms with E-state index in [1.165, 1.54) is 12.4 Å². The quantitative estimate of drug-likeness (QED) is 0.354. The fourth-order valence-corrected chi connectivity index (χ4v) is 2.63. The molecule has 0 aliphatic rings. The van der Waals surface area contributed by atoms with Gasteiger partial charge in [0.15, 0.2) is 0 Å². The molecule has 0 spiro atoms. The molecule has 0 heterocycles. The van der Waals surface area contributed by atoms with Crippen LogP contribution in [0, 0.1) is 0 Å². The summed E-state index contributed by atoms with van der Waals surface area (Å²) in [6, 6.07) is 19.1. The third-order valence-electron chi connectivity index (χ3n) is 3.12. The number of nitrogens with zero attached hydrogens (tertiary/aromatic N) is 2. The number of carbonyl (C=O) groups excluding carboxylic acids is 2. The molecule has 0 radical (unpaired) electrons. The average Bonchev–Trinajstić information content (AvgIpc) is 2.69. The Balaban J connectivity index is 1.80. The second kappa shape index (κ2) is 11.8. The van der Waals surface area contributed by atoms with Crippen LogP contribution in [0.15, 0.2) is 79.8 Å². The largest absolute Gasteiger partial charge is 0.331 e. The Morgan fingerprint density at radius 3 is 1.39 bits per heavy atom. The molecule has 142 valence electrons. The SMILES string of the molecule is O=C(N/N=C/C(Br)=C/c1ccccc1)C(=O)N/N=C/C(Br)=C/c1ccccc1. The Labute approximate surface area is 179 Å². The van der Waals surface area contributed by atoms with Crippen LogP contribution in [0.4, 0.5) is 0 Å². The lowest BCUT2D eigenvalue weighted by atomic mass is 10.2. The van der Waals surface area contributed by atoms with E-state index in [9.17, 15) is 9.59 Å². The highest BCUT2D eigenvalue weighted by Crippen LogP contribution is 2.10. The van der Waals surface area contributed by atoms with Gasteiger partial charge in [-0.15, -0.1) is 0 Å². The molecular weight excluding hydrogens is 488 g/mol. The summed E-state index contributed by atoms with van der Waals surface area (Å²) >= 11 is 6.62. The maximum atomic E-state index is 11.7. The number of benzene rings is 2. The molecule has 0 saturated carbocycles. The summed E-state index contributed by atoms with van der Waals surface area (Å²) < 4.78 is 1.26. The van der Waals surface area contributed by atoms with Gasteiger partial charge in [-0.05, 0) is 55.1 Å². The second-order valence-corrected chi connectivity index (χ2v) is 7.11. The van der Waals surface area contributed by atoms with E-state index in [0.717, 1.165) is 11.1 Å². The van der Waals surface area contributed by atoms with E-state index in [4.69, 9.17) is 0 Å². The first-order valence-corrected chi connectivity index (χ1v) is 9.64. The second-order valence-electron chi connectivity index (χ2n) is 5.28. The lowest BCUT2D eigenvalue weighted by Gasteiger charge is -1.98. The Bertz CT molecular complexity index is 846. The molecule has 2 rings (SSSR count). The predicted molar refractivity (Wildman–Crippen MR) is 120 cm³/mol. The summed E-state index contributed by atoms with van der Waals surface area (Å²) in [6.07, 6.45) is 6.38. The zero-order valence-electron chi connectivity index (χ0n) is 14.5. The minimum atomic E-state index is -0.934. The highest BCUT2D eigenvalue weighted by molar-refractivity contribution is 9.12. The van der Waals surface area contributed by atoms with Crippen LogP contribution in [0.1, 0.15) is 11.1 Å². The van der Waals surface area contributed by atoms with Gasteiger partial charge >= 0.3 is 11.8 Å². The molecular formula is C20H16Br2N4O2. The van der Waals surface area contributed by atoms with Gasteiger partial charge in [-0.25, -0.2) is 10.9 Å². The number of nitrogens with one attached hydrogen (secondary N) is 2. The highest BCUT2D eigenvalue weighted by Gasteiger charge is 2.10. The first kappa shape index (κ1) is 21.5. The molecule has 8 heteroatoms. The summed E-state index contributed by atoms with van der Waals surface area (Å²) in [5.41, 5.74) is 6.18. The number of hydrazone groups is 2. The molecule has 0 aliphatic heterocycles. The van der Waals surface area contributed by atoms with Crippen molar-refractivity contribution < 1.29 is 9.59 Å². The van der Waals surface area contributed by atoms with E-state index in [-0.39, 0.29) is 0 Å². The van der Waals surface area contributed by atoms with Crippen molar-refractivity contribution in [2.45, 2.75) is 0 Å². The van der Waals surface area contributed by atoms with Crippen molar-refractivity contribution in [2.75, 3.05) is 0 Å². The average molecular weight is 504 g/mol. The van der Waals surface area contributed by atoms with E-state index in [1.807, 2.05) is 72.8 Å². The van der Waals surface area contributed by atoms with E-state index in [2.05, 4.69) is 52.9 Å². The van der Waals surface area contributed by atoms with Crippen molar-refractivity contribution in [3.05, 3.63) is 80.8 Å². The van der Waals surface area contributed by atoms with E-state index < -0.39 is 11.8 Å². The first-order valence-electron chi connectivity index (χ1n) is 8.05. The molecule has 0 fully saturated rings. The summed E-state index contributed by atoms with van der Waals surface area (Å²) in [5.74, 6) is -1.87. The van der Waals surface area contributed by atoms with E-state index in [0.29, 0.717) is 8.96 Å². The standard InChI is InChI=1S/C20H16Br2N4O2/c21-17(11-15-7-3-1-4-8-15)13-23-25-19(27)20(28)26-24-14-18(22)12-16-9-5-2-6-10-16/h1-14H,(H,25,27)(H,26,28)/b17-11-,18-12-,23-13+,24-14+. The molecule has 0 bridgehead atoms. The molecule has 2 amide bonds. The molecule has 6 nitrogen and oxygen atoms in total. The molecule has 0 saturated heterocycles. The van der Waals surface area contributed by atoms with Crippen LogP contribution < -0.4 is 10.9 Å². The summed E-state index contributed by atoms with van der Waals surface area (Å²) in [6.45, 7) is 0. The fourth-order valence-electron chi connectivity index (χ4n) is 1.90. The highest BCUT2D eigenvalue weighted by atomic mass is 79.9. The maximum Gasteiger partial charge on any atom is 0.331 e. The number of allylic oxidation sites excluding steroid dienone is 2. The molecule has 2 aromatic carbocycles. The van der Waals surface area contributed by atoms with Crippen molar-refractivity contribution in [1.82, 2.24) is 10.9 Å². The fraction of sp³-hybridized carbons (Fsp3) is 0. The third-order valence-corrected chi connectivity index (χ3v) is 3.99. The van der Waals surface area contributed by atoms with Crippen LogP contribution in [0.5, 0.6) is 0 Å². The van der Waals surface area contributed by atoms with Crippen LogP contribution in [-0.4, -0.2) is 24.2 Å². The summed E-state index contributed by atoms with van der Waals surface area (Å²) in [5, 5.41) is 7.43. The van der Waals surface area contributed by atoms with Crippen LogP contribution in [0.25, 0.3) is 12.2 Å². The van der Waals surface area contributed by atoms with Gasteiger partial charge < -0.3 is 0 Å². The minimum Gasteiger partial charge on any atom is -0.262 e. The normalized spacial score (nSPS) is 12.4. The lowest BCUT2D eigenvalue weighted by molar-refractivity contribution is -0.139. The van der Waals surface area contributed by atoms with Crippen molar-refractivity contribution in [1.29, 1.82) is 0 Å². The predicted octanol–water partition coefficient (Wildman–Crippen LogP) is 4.06. The van der Waals surface area contributed by atoms with Gasteiger partial charge in [-0.1, -0.05) is 60.7 Å². The van der Waals surface area contributed by atoms with Crippen LogP contribution in [0.2, 0.25) is 0 Å². The summed E-state index contributed by atoms with van der Waals surface area (Å²) in [7, 11) is 0. The Morgan fingerprint density at radius 2 is 1.04 bits per heavy atom. The Morgan fingerprint density at radius 1 is 0.679 bits per heavy atom. The van der Waals surface area contributed by atoms with E-state index >= 15 is 0 Å². The number of rotatable bonds is 6. The van der Waals surface area contributed by atoms with Gasteiger partial charge in [0.05, 0.1) is 12.4 Å². The van der Waals surface area contributed by atoms with Crippen molar-refractivity contribution in [3.63, 3.8) is 0 Å². The first-order chi connectivity index (χ1) is 13.5. The number of amides is 2. The van der Waals surface area contributed by atoms with Crippen LogP contribution in [-0.2, 0) is 9.59 Å². The van der Waals surface area contributed by atoms with Crippen molar-refractivity contribution in [3.8, 4) is 0 Å². The Hall–Kier alpha value is -2.84. The molecule has 0 aliphatic carbocycles. The van der Waals surface area contributed by atoms with Gasteiger partial charge in [0, 0.05) is 8.96 Å². The van der Waals surface area contributed by atoms with Crippen LogP contribution >= 0.6 is 31.9 Å². The molecule has 2 N–H and O–H groups in total. The number of halogens is 2. The molecule has 0 aromatic heterocycles. The van der Waals surface area contributed by atoms with Gasteiger partial charge in [0.1, 0.15) is 0 Å². The van der Waals surface area contributed by atoms with Crippen LogP contribution in [0.3, 0.4) is 0 Å². The molecule has 0 atom stereocenters. The molecule has 2 aromatic rings. The van der Waals surface area contributed by atoms with Gasteiger partial charge in [-0.2, -0.15) is 10.2 Å². The van der Waals surface area contributed by atoms with Crippen molar-refractivity contribution >= 4 is 68.3 Å². The Kier molecular flexibility index (Phi) is 9.03. The maximum absolute atomic E-state index is 11.7. The third kappa shape index (κ3) is 8.24. The number of carbonyl (C=O) groups is 2. The minimum absolute atomic E-state index is 0.632. The van der Waals surface area contributed by atoms with Crippen molar-refractivity contribution in [2.24, 2.45) is 10.2 Å². The monoisotopic (exact) mass is 502 g/mol. The zero-order chi connectivity index (χ0) is 20.2. The van der Waals surface area contributed by atoms with Gasteiger partial charge in [0.25, 0.3) is 0 Å². The van der Waals surface area contributed by atoms with Gasteiger partial charge in [0.2, 0.25) is 0 Å². The number of hydrogen-bond donors (Lipinski definition) is 2. The van der Waals surface area contributed by atoms with E-state index in [1.54, 1.807) is 0 Å². The topological polar surface area (TPSA) is 82.9 Å². The molecule has 28 heavy (non-hydrogen) atoms. The smallest absolute Gasteiger partial charge is 0.262 e. The summed E-state index contributed by atoms with van der Waals surface area (Å²) in [4.78, 5) is 23.4. The van der Waals surface area contributed by atoms with Gasteiger partial charge in [-0.3, -0.25) is 9.59 Å². The number of hydrogen-bond acceptors (Lipinski definition) is 4. The zero-order valence-corrected chi connectivity index (χ0v) is 17.7. The lowest BCUT2D eigenvalue weighted by Crippen LogP contribution is -2.35.